The molecule has 0 nitrogen and oxygen atoms in total. The van der Waals surface area contributed by atoms with Gasteiger partial charge < -0.3 is 0 Å². The third-order valence-electron chi connectivity index (χ3n) is 3.55. The molecule has 0 aromatic rings. The molecule has 0 bridgehead atoms. The van der Waals surface area contributed by atoms with Crippen LogP contribution in [0.5, 0.6) is 0 Å². The monoisotopic (exact) mass is 146 g/mol. The highest BCUT2D eigenvalue weighted by atomic mass is 14.5. The van der Waals surface area contributed by atoms with Crippen LogP contribution >= 0.6 is 0 Å². The van der Waals surface area contributed by atoms with E-state index < -0.39 is 0 Å². The molecule has 0 aromatic carbocycles. The normalized spacial score (nSPS) is 45.8. The molecule has 0 amide bonds. The van der Waals surface area contributed by atoms with Crippen molar-refractivity contribution in [3.63, 3.8) is 0 Å². The lowest BCUT2D eigenvalue weighted by Crippen LogP contribution is -2.13. The van der Waals surface area contributed by atoms with Gasteiger partial charge in [-0.15, -0.1) is 0 Å². The van der Waals surface area contributed by atoms with E-state index in [2.05, 4.69) is 18.2 Å². The molecule has 2 saturated carbocycles. The Hall–Kier alpha value is -0.520. The van der Waals surface area contributed by atoms with Gasteiger partial charge in [0.1, 0.15) is 0 Å². The summed E-state index contributed by atoms with van der Waals surface area (Å²) in [5.41, 5.74) is 1.80. The van der Waals surface area contributed by atoms with Crippen LogP contribution < -0.4 is 0 Å². The van der Waals surface area contributed by atoms with Gasteiger partial charge in [0.25, 0.3) is 0 Å². The first-order chi connectivity index (χ1) is 5.45. The highest BCUT2D eigenvalue weighted by Gasteiger charge is 2.45. The van der Waals surface area contributed by atoms with E-state index >= 15 is 0 Å². The van der Waals surface area contributed by atoms with E-state index in [1.54, 1.807) is 5.57 Å². The van der Waals surface area contributed by atoms with E-state index in [4.69, 9.17) is 0 Å². The van der Waals surface area contributed by atoms with Crippen LogP contribution in [0, 0.1) is 17.8 Å². The zero-order valence-electron chi connectivity index (χ0n) is 6.79. The molecule has 0 aliphatic heterocycles. The standard InChI is InChI=1S/C11H14/c1-2-4-10-8(3-1)5-6-9-7-11(9)10/h1-2,4,8-9,11H,3,5-7H2. The van der Waals surface area contributed by atoms with Crippen LogP contribution in [0.25, 0.3) is 0 Å². The Balaban J connectivity index is 1.94. The molecule has 3 rings (SSSR count). The molecule has 0 aromatic heterocycles. The molecular formula is C11H14. The summed E-state index contributed by atoms with van der Waals surface area (Å²) in [4.78, 5) is 0. The number of allylic oxidation sites excluding steroid dienone is 4. The average Bonchev–Trinajstić information content (AvgIpc) is 2.83. The minimum atomic E-state index is 0.948. The Morgan fingerprint density at radius 3 is 3.27 bits per heavy atom. The van der Waals surface area contributed by atoms with Crippen LogP contribution in [-0.2, 0) is 0 Å². The molecule has 3 aliphatic rings. The molecule has 2 fully saturated rings. The largest absolute Gasteiger partial charge is 0.0839 e. The van der Waals surface area contributed by atoms with Crippen molar-refractivity contribution in [2.75, 3.05) is 0 Å². The van der Waals surface area contributed by atoms with Crippen LogP contribution in [0.4, 0.5) is 0 Å². The summed E-state index contributed by atoms with van der Waals surface area (Å²) in [6.45, 7) is 0. The fraction of sp³-hybridized carbons (Fsp3) is 0.636. The first kappa shape index (κ1) is 6.05. The predicted octanol–water partition coefficient (Wildman–Crippen LogP) is 2.92. The van der Waals surface area contributed by atoms with E-state index in [0.29, 0.717) is 0 Å². The molecule has 11 heavy (non-hydrogen) atoms. The second kappa shape index (κ2) is 2.00. The zero-order valence-corrected chi connectivity index (χ0v) is 6.79. The second-order valence-electron chi connectivity index (χ2n) is 4.21. The third-order valence-corrected chi connectivity index (χ3v) is 3.55. The summed E-state index contributed by atoms with van der Waals surface area (Å²) in [5.74, 6) is 3.08. The Morgan fingerprint density at radius 1 is 1.27 bits per heavy atom. The van der Waals surface area contributed by atoms with E-state index in [-0.39, 0.29) is 0 Å². The molecule has 0 heteroatoms. The molecule has 0 radical (unpaired) electrons. The summed E-state index contributed by atoms with van der Waals surface area (Å²) in [6, 6.07) is 0. The van der Waals surface area contributed by atoms with Gasteiger partial charge in [0.2, 0.25) is 0 Å². The molecular weight excluding hydrogens is 132 g/mol. The van der Waals surface area contributed by atoms with Crippen LogP contribution in [-0.4, -0.2) is 0 Å². The number of fused-ring (bicyclic) bond motifs is 3. The predicted molar refractivity (Wildman–Crippen MR) is 46.2 cm³/mol. The van der Waals surface area contributed by atoms with Gasteiger partial charge >= 0.3 is 0 Å². The summed E-state index contributed by atoms with van der Waals surface area (Å²) in [7, 11) is 0. The summed E-state index contributed by atoms with van der Waals surface area (Å²) in [6.07, 6.45) is 12.8. The zero-order chi connectivity index (χ0) is 7.26. The Morgan fingerprint density at radius 2 is 2.27 bits per heavy atom. The van der Waals surface area contributed by atoms with Gasteiger partial charge in [-0.25, -0.2) is 0 Å². The van der Waals surface area contributed by atoms with Gasteiger partial charge in [-0.05, 0) is 43.4 Å². The van der Waals surface area contributed by atoms with Gasteiger partial charge in [-0.2, -0.15) is 0 Å². The maximum absolute atomic E-state index is 2.39. The Bertz CT molecular complexity index is 234. The average molecular weight is 146 g/mol. The first-order valence-corrected chi connectivity index (χ1v) is 4.82. The molecule has 0 N–H and O–H groups in total. The van der Waals surface area contributed by atoms with E-state index in [1.165, 1.54) is 25.7 Å². The topological polar surface area (TPSA) is 0 Å². The lowest BCUT2D eigenvalue weighted by Gasteiger charge is -2.25. The molecule has 3 aliphatic carbocycles. The number of rotatable bonds is 0. The minimum absolute atomic E-state index is 0.948. The van der Waals surface area contributed by atoms with Crippen LogP contribution in [0.1, 0.15) is 25.7 Å². The highest BCUT2D eigenvalue weighted by molar-refractivity contribution is 5.29. The van der Waals surface area contributed by atoms with Gasteiger partial charge in [0.05, 0.1) is 0 Å². The maximum Gasteiger partial charge on any atom is -0.0162 e. The fourth-order valence-corrected chi connectivity index (χ4v) is 2.80. The number of hydrogen-bond acceptors (Lipinski definition) is 0. The van der Waals surface area contributed by atoms with Crippen molar-refractivity contribution >= 4 is 0 Å². The van der Waals surface area contributed by atoms with Gasteiger partial charge in [0, 0.05) is 0 Å². The van der Waals surface area contributed by atoms with Crippen molar-refractivity contribution in [3.05, 3.63) is 23.8 Å². The molecule has 0 saturated heterocycles. The molecule has 0 heterocycles. The van der Waals surface area contributed by atoms with Gasteiger partial charge in [-0.3, -0.25) is 0 Å². The summed E-state index contributed by atoms with van der Waals surface area (Å²) >= 11 is 0. The van der Waals surface area contributed by atoms with Crippen molar-refractivity contribution in [3.8, 4) is 0 Å². The van der Waals surface area contributed by atoms with Crippen molar-refractivity contribution in [1.82, 2.24) is 0 Å². The highest BCUT2D eigenvalue weighted by Crippen LogP contribution is 2.55. The maximum atomic E-state index is 2.39. The van der Waals surface area contributed by atoms with Crippen LogP contribution in [0.15, 0.2) is 23.8 Å². The molecule has 3 unspecified atom stereocenters. The summed E-state index contributed by atoms with van der Waals surface area (Å²) < 4.78 is 0. The minimum Gasteiger partial charge on any atom is -0.0839 e. The third kappa shape index (κ3) is 0.817. The first-order valence-electron chi connectivity index (χ1n) is 4.82. The quantitative estimate of drug-likeness (QED) is 0.493. The fourth-order valence-electron chi connectivity index (χ4n) is 2.80. The van der Waals surface area contributed by atoms with E-state index in [1.807, 2.05) is 0 Å². The Kier molecular flexibility index (Phi) is 1.10. The molecule has 0 spiro atoms. The Labute approximate surface area is 68.0 Å². The van der Waals surface area contributed by atoms with E-state index in [0.717, 1.165) is 17.8 Å². The lowest BCUT2D eigenvalue weighted by atomic mass is 9.80. The smallest absolute Gasteiger partial charge is 0.0162 e. The van der Waals surface area contributed by atoms with Crippen molar-refractivity contribution in [2.24, 2.45) is 17.8 Å². The molecule has 3 atom stereocenters. The van der Waals surface area contributed by atoms with Crippen LogP contribution in [0.3, 0.4) is 0 Å². The number of hydrogen-bond donors (Lipinski definition) is 0. The van der Waals surface area contributed by atoms with Crippen molar-refractivity contribution in [2.45, 2.75) is 25.7 Å². The summed E-state index contributed by atoms with van der Waals surface area (Å²) in [5, 5.41) is 0. The van der Waals surface area contributed by atoms with Crippen molar-refractivity contribution in [1.29, 1.82) is 0 Å². The van der Waals surface area contributed by atoms with Crippen molar-refractivity contribution < 1.29 is 0 Å². The SMILES string of the molecule is C1=CCC2CCC3CC3C2=C1. The second-order valence-corrected chi connectivity index (χ2v) is 4.21. The van der Waals surface area contributed by atoms with E-state index in [9.17, 15) is 0 Å². The van der Waals surface area contributed by atoms with Crippen LogP contribution in [0.2, 0.25) is 0 Å². The lowest BCUT2D eigenvalue weighted by molar-refractivity contribution is 0.438. The van der Waals surface area contributed by atoms with Gasteiger partial charge in [-0.1, -0.05) is 23.8 Å². The van der Waals surface area contributed by atoms with Gasteiger partial charge in [0.15, 0.2) is 0 Å². The molecule has 58 valence electrons.